The summed E-state index contributed by atoms with van der Waals surface area (Å²) in [5.41, 5.74) is 0.834. The lowest BCUT2D eigenvalue weighted by molar-refractivity contribution is 0.118. The Morgan fingerprint density at radius 1 is 0.947 bits per heavy atom. The van der Waals surface area contributed by atoms with E-state index in [1.54, 1.807) is 0 Å². The second-order valence-electron chi connectivity index (χ2n) is 8.79. The predicted octanol–water partition coefficient (Wildman–Crippen LogP) is 5.78. The normalized spacial score (nSPS) is 18.2. The average molecular weight is 271 g/mol. The first-order valence-electron chi connectivity index (χ1n) is 7.96. The molecule has 0 saturated carbocycles. The van der Waals surface area contributed by atoms with Gasteiger partial charge in [0.1, 0.15) is 0 Å². The maximum absolute atomic E-state index is 5.27. The van der Waals surface area contributed by atoms with Crippen molar-refractivity contribution in [2.45, 2.75) is 74.7 Å². The second-order valence-corrected chi connectivity index (χ2v) is 8.79. The molecule has 0 aliphatic carbocycles. The zero-order chi connectivity index (χ0) is 15.3. The van der Waals surface area contributed by atoms with Crippen molar-refractivity contribution < 1.29 is 4.74 Å². The highest BCUT2D eigenvalue weighted by Gasteiger charge is 2.29. The lowest BCUT2D eigenvalue weighted by atomic mass is 9.70. The van der Waals surface area contributed by atoms with Crippen LogP contribution in [0.15, 0.2) is 0 Å². The fraction of sp³-hybridized carbons (Fsp3) is 1.00. The molecule has 0 radical (unpaired) electrons. The third-order valence-electron chi connectivity index (χ3n) is 4.59. The summed E-state index contributed by atoms with van der Waals surface area (Å²) in [6, 6.07) is 0. The van der Waals surface area contributed by atoms with E-state index in [2.05, 4.69) is 55.4 Å². The maximum atomic E-state index is 5.27. The van der Waals surface area contributed by atoms with Gasteiger partial charge >= 0.3 is 0 Å². The molecule has 0 saturated heterocycles. The molecule has 19 heavy (non-hydrogen) atoms. The maximum Gasteiger partial charge on any atom is 0.0464 e. The molecule has 116 valence electrons. The molecule has 0 heterocycles. The molecule has 0 aliphatic heterocycles. The lowest BCUT2D eigenvalue weighted by Crippen LogP contribution is -2.27. The highest BCUT2D eigenvalue weighted by Crippen LogP contribution is 2.39. The van der Waals surface area contributed by atoms with Crippen molar-refractivity contribution in [3.8, 4) is 0 Å². The molecular weight excluding hydrogens is 232 g/mol. The van der Waals surface area contributed by atoms with Crippen LogP contribution in [0, 0.1) is 28.6 Å². The van der Waals surface area contributed by atoms with E-state index >= 15 is 0 Å². The third kappa shape index (κ3) is 8.68. The van der Waals surface area contributed by atoms with E-state index in [9.17, 15) is 0 Å². The van der Waals surface area contributed by atoms with E-state index in [1.165, 1.54) is 19.3 Å². The molecule has 0 aromatic heterocycles. The van der Waals surface area contributed by atoms with Gasteiger partial charge in [0.2, 0.25) is 0 Å². The molecule has 1 nitrogen and oxygen atoms in total. The molecule has 0 bridgehead atoms. The van der Waals surface area contributed by atoms with Crippen molar-refractivity contribution in [3.63, 3.8) is 0 Å². The standard InChI is InChI=1S/C18H38O/c1-14(10-11-19-9)16(13-17(3,4)5)12-15(2)18(6,7)8/h14-16H,10-13H2,1-9H3. The summed E-state index contributed by atoms with van der Waals surface area (Å²) in [6.45, 7) is 19.9. The Bertz CT molecular complexity index is 231. The molecule has 0 spiro atoms. The Hall–Kier alpha value is -0.0400. The summed E-state index contributed by atoms with van der Waals surface area (Å²) in [5.74, 6) is 2.33. The molecule has 0 aromatic rings. The molecular formula is C18H38O. The number of hydrogen-bond donors (Lipinski definition) is 0. The van der Waals surface area contributed by atoms with Crippen molar-refractivity contribution in [3.05, 3.63) is 0 Å². The minimum atomic E-state index is 0.414. The van der Waals surface area contributed by atoms with Crippen LogP contribution in [-0.4, -0.2) is 13.7 Å². The highest BCUT2D eigenvalue weighted by atomic mass is 16.5. The minimum absolute atomic E-state index is 0.414. The fourth-order valence-corrected chi connectivity index (χ4v) is 2.65. The van der Waals surface area contributed by atoms with Crippen LogP contribution < -0.4 is 0 Å². The molecule has 0 aliphatic rings. The molecule has 0 aromatic carbocycles. The Morgan fingerprint density at radius 3 is 1.84 bits per heavy atom. The number of hydrogen-bond acceptors (Lipinski definition) is 1. The van der Waals surface area contributed by atoms with Crippen molar-refractivity contribution in [1.29, 1.82) is 0 Å². The monoisotopic (exact) mass is 270 g/mol. The van der Waals surface area contributed by atoms with E-state index < -0.39 is 0 Å². The van der Waals surface area contributed by atoms with Gasteiger partial charge in [0.05, 0.1) is 0 Å². The van der Waals surface area contributed by atoms with Crippen LogP contribution in [0.1, 0.15) is 74.7 Å². The summed E-state index contributed by atoms with van der Waals surface area (Å²) in [5, 5.41) is 0. The highest BCUT2D eigenvalue weighted by molar-refractivity contribution is 4.79. The van der Waals surface area contributed by atoms with E-state index in [-0.39, 0.29) is 0 Å². The molecule has 0 N–H and O–H groups in total. The van der Waals surface area contributed by atoms with Gasteiger partial charge in [-0.25, -0.2) is 0 Å². The van der Waals surface area contributed by atoms with E-state index in [0.717, 1.165) is 24.4 Å². The molecule has 0 rings (SSSR count). The molecule has 0 fully saturated rings. The Balaban J connectivity index is 4.67. The van der Waals surface area contributed by atoms with Crippen LogP contribution in [0.4, 0.5) is 0 Å². The smallest absolute Gasteiger partial charge is 0.0464 e. The van der Waals surface area contributed by atoms with Gasteiger partial charge in [-0.2, -0.15) is 0 Å². The third-order valence-corrected chi connectivity index (χ3v) is 4.59. The van der Waals surface area contributed by atoms with Crippen LogP contribution >= 0.6 is 0 Å². The van der Waals surface area contributed by atoms with Gasteiger partial charge < -0.3 is 4.74 Å². The predicted molar refractivity (Wildman–Crippen MR) is 86.5 cm³/mol. The van der Waals surface area contributed by atoms with Gasteiger partial charge in [-0.3, -0.25) is 0 Å². The Labute approximate surface area is 122 Å². The first kappa shape index (κ1) is 19.0. The summed E-state index contributed by atoms with van der Waals surface area (Å²) >= 11 is 0. The van der Waals surface area contributed by atoms with Crippen molar-refractivity contribution in [2.24, 2.45) is 28.6 Å². The van der Waals surface area contributed by atoms with Crippen molar-refractivity contribution in [2.75, 3.05) is 13.7 Å². The van der Waals surface area contributed by atoms with Gasteiger partial charge in [0.25, 0.3) is 0 Å². The summed E-state index contributed by atoms with van der Waals surface area (Å²) in [7, 11) is 1.81. The largest absolute Gasteiger partial charge is 0.385 e. The van der Waals surface area contributed by atoms with E-state index in [1.807, 2.05) is 7.11 Å². The molecule has 0 amide bonds. The summed E-state index contributed by atoms with van der Waals surface area (Å²) in [4.78, 5) is 0. The first-order chi connectivity index (χ1) is 8.47. The SMILES string of the molecule is COCCC(C)C(CC(C)C(C)(C)C)CC(C)(C)C. The second kappa shape index (κ2) is 7.67. The van der Waals surface area contributed by atoms with Crippen LogP contribution in [0.2, 0.25) is 0 Å². The van der Waals surface area contributed by atoms with Gasteiger partial charge in [0.15, 0.2) is 0 Å². The van der Waals surface area contributed by atoms with Gasteiger partial charge in [-0.1, -0.05) is 55.4 Å². The van der Waals surface area contributed by atoms with Gasteiger partial charge in [0, 0.05) is 13.7 Å². The van der Waals surface area contributed by atoms with Gasteiger partial charge in [-0.05, 0) is 47.8 Å². The summed E-state index contributed by atoms with van der Waals surface area (Å²) in [6.07, 6.45) is 3.85. The van der Waals surface area contributed by atoms with Crippen molar-refractivity contribution >= 4 is 0 Å². The fourth-order valence-electron chi connectivity index (χ4n) is 2.65. The van der Waals surface area contributed by atoms with Crippen LogP contribution in [-0.2, 0) is 4.74 Å². The molecule has 3 unspecified atom stereocenters. The number of ether oxygens (including phenoxy) is 1. The zero-order valence-corrected chi connectivity index (χ0v) is 15.0. The summed E-state index contributed by atoms with van der Waals surface area (Å²) < 4.78 is 5.27. The Kier molecular flexibility index (Phi) is 7.65. The first-order valence-corrected chi connectivity index (χ1v) is 7.96. The van der Waals surface area contributed by atoms with Crippen LogP contribution in [0.25, 0.3) is 0 Å². The van der Waals surface area contributed by atoms with Crippen molar-refractivity contribution in [1.82, 2.24) is 0 Å². The minimum Gasteiger partial charge on any atom is -0.385 e. The number of rotatable bonds is 7. The molecule has 1 heteroatoms. The lowest BCUT2D eigenvalue weighted by Gasteiger charge is -2.36. The number of methoxy groups -OCH3 is 1. The Morgan fingerprint density at radius 2 is 1.47 bits per heavy atom. The van der Waals surface area contributed by atoms with Gasteiger partial charge in [-0.15, -0.1) is 0 Å². The topological polar surface area (TPSA) is 9.23 Å². The average Bonchev–Trinajstić information content (AvgIpc) is 2.21. The zero-order valence-electron chi connectivity index (χ0n) is 15.0. The molecule has 3 atom stereocenters. The quantitative estimate of drug-likeness (QED) is 0.569. The van der Waals surface area contributed by atoms with E-state index in [0.29, 0.717) is 10.8 Å². The van der Waals surface area contributed by atoms with E-state index in [4.69, 9.17) is 4.74 Å². The van der Waals surface area contributed by atoms with Crippen LogP contribution in [0.3, 0.4) is 0 Å². The van der Waals surface area contributed by atoms with Crippen LogP contribution in [0.5, 0.6) is 0 Å².